The summed E-state index contributed by atoms with van der Waals surface area (Å²) in [4.78, 5) is 10.3. The lowest BCUT2D eigenvalue weighted by Crippen LogP contribution is -2.00. The van der Waals surface area contributed by atoms with E-state index in [4.69, 9.17) is 15.1 Å². The van der Waals surface area contributed by atoms with Crippen LogP contribution in [0.1, 0.15) is 0 Å². The third-order valence-corrected chi connectivity index (χ3v) is 10.1. The number of para-hydroxylation sites is 1. The summed E-state index contributed by atoms with van der Waals surface area (Å²) in [5.74, 6) is 0.695. The lowest BCUT2D eigenvalue weighted by atomic mass is 9.91. The van der Waals surface area contributed by atoms with E-state index in [2.05, 4.69) is 180 Å². The fourth-order valence-corrected chi connectivity index (χ4v) is 7.56. The van der Waals surface area contributed by atoms with E-state index < -0.39 is 0 Å². The van der Waals surface area contributed by atoms with Crippen molar-refractivity contribution in [2.24, 2.45) is 0 Å². The molecular weight excluding hydrogens is 645 g/mol. The first-order valence-electron chi connectivity index (χ1n) is 17.9. The van der Waals surface area contributed by atoms with Crippen LogP contribution in [-0.4, -0.2) is 19.6 Å². The van der Waals surface area contributed by atoms with Gasteiger partial charge in [-0.25, -0.2) is 14.5 Å². The maximum absolute atomic E-state index is 5.21. The molecule has 0 aliphatic rings. The number of benzene rings is 7. The summed E-state index contributed by atoms with van der Waals surface area (Å²) in [6.07, 6.45) is 2.00. The minimum Gasteiger partial charge on any atom is -0.231 e. The van der Waals surface area contributed by atoms with Crippen molar-refractivity contribution < 1.29 is 0 Å². The first kappa shape index (κ1) is 30.6. The molecule has 0 fully saturated rings. The zero-order valence-corrected chi connectivity index (χ0v) is 28.8. The van der Waals surface area contributed by atoms with Gasteiger partial charge in [-0.15, -0.1) is 0 Å². The van der Waals surface area contributed by atoms with Crippen LogP contribution in [0.5, 0.6) is 0 Å². The van der Waals surface area contributed by atoms with E-state index in [9.17, 15) is 0 Å². The van der Waals surface area contributed by atoms with Gasteiger partial charge >= 0.3 is 0 Å². The average molecular weight is 677 g/mol. The summed E-state index contributed by atoms with van der Waals surface area (Å²) in [5, 5.41) is 8.42. The second-order valence-electron chi connectivity index (χ2n) is 13.3. The monoisotopic (exact) mass is 676 g/mol. The SMILES string of the molecule is c1ccc(-c2ccc(-c3nc(-c4ccc(-c5c(-c6ccccc6)n6ncc(-c7ccccc7)c6c6ccccc56)cc4)nc4ccccc34)cc2)cc1. The zero-order chi connectivity index (χ0) is 35.1. The van der Waals surface area contributed by atoms with Gasteiger partial charge in [-0.3, -0.25) is 0 Å². The number of aromatic nitrogens is 4. The maximum Gasteiger partial charge on any atom is 0.160 e. The van der Waals surface area contributed by atoms with Crippen LogP contribution in [0.2, 0.25) is 0 Å². The number of nitrogens with zero attached hydrogens (tertiary/aromatic N) is 4. The van der Waals surface area contributed by atoms with E-state index in [1.807, 2.05) is 18.3 Å². The van der Waals surface area contributed by atoms with Gasteiger partial charge in [0.05, 0.1) is 28.6 Å². The summed E-state index contributed by atoms with van der Waals surface area (Å²) in [6, 6.07) is 65.9. The predicted octanol–water partition coefficient (Wildman–Crippen LogP) is 12.4. The van der Waals surface area contributed by atoms with Gasteiger partial charge in [-0.05, 0) is 33.7 Å². The molecule has 0 aliphatic heterocycles. The minimum atomic E-state index is 0.695. The van der Waals surface area contributed by atoms with Gasteiger partial charge in [-0.2, -0.15) is 5.10 Å². The van der Waals surface area contributed by atoms with E-state index in [0.29, 0.717) is 5.82 Å². The molecule has 0 spiro atoms. The van der Waals surface area contributed by atoms with Gasteiger partial charge in [0, 0.05) is 38.6 Å². The summed E-state index contributed by atoms with van der Waals surface area (Å²) in [7, 11) is 0. The molecule has 10 aromatic rings. The number of rotatable bonds is 6. The minimum absolute atomic E-state index is 0.695. The Balaban J connectivity index is 1.13. The Morgan fingerprint density at radius 1 is 0.358 bits per heavy atom. The average Bonchev–Trinajstić information content (AvgIpc) is 3.69. The highest BCUT2D eigenvalue weighted by Gasteiger charge is 2.21. The zero-order valence-electron chi connectivity index (χ0n) is 28.8. The molecular formula is C49H32N4. The van der Waals surface area contributed by atoms with Crippen molar-refractivity contribution in [1.29, 1.82) is 0 Å². The number of pyridine rings is 1. The number of hydrogen-bond acceptors (Lipinski definition) is 3. The third kappa shape index (κ3) is 5.36. The largest absolute Gasteiger partial charge is 0.231 e. The lowest BCUT2D eigenvalue weighted by Gasteiger charge is -2.18. The topological polar surface area (TPSA) is 43.1 Å². The molecule has 10 rings (SSSR count). The Labute approximate surface area is 307 Å². The summed E-state index contributed by atoms with van der Waals surface area (Å²) < 4.78 is 2.13. The summed E-state index contributed by atoms with van der Waals surface area (Å²) in [5.41, 5.74) is 14.0. The Morgan fingerprint density at radius 2 is 0.868 bits per heavy atom. The maximum atomic E-state index is 5.21. The molecule has 0 amide bonds. The van der Waals surface area contributed by atoms with E-state index in [1.165, 1.54) is 16.5 Å². The molecule has 3 aromatic heterocycles. The van der Waals surface area contributed by atoms with Crippen LogP contribution in [0.15, 0.2) is 194 Å². The molecule has 248 valence electrons. The van der Waals surface area contributed by atoms with E-state index in [0.717, 1.165) is 72.1 Å². The first-order valence-corrected chi connectivity index (χ1v) is 17.9. The Kier molecular flexibility index (Phi) is 7.43. The van der Waals surface area contributed by atoms with E-state index in [-0.39, 0.29) is 0 Å². The van der Waals surface area contributed by atoms with Crippen molar-refractivity contribution in [2.45, 2.75) is 0 Å². The molecule has 4 nitrogen and oxygen atoms in total. The van der Waals surface area contributed by atoms with Crippen LogP contribution in [0.3, 0.4) is 0 Å². The molecule has 4 heteroatoms. The lowest BCUT2D eigenvalue weighted by molar-refractivity contribution is 0.976. The molecule has 0 radical (unpaired) electrons. The number of hydrogen-bond donors (Lipinski definition) is 0. The molecule has 53 heavy (non-hydrogen) atoms. The van der Waals surface area contributed by atoms with Crippen molar-refractivity contribution >= 4 is 27.2 Å². The third-order valence-electron chi connectivity index (χ3n) is 10.1. The van der Waals surface area contributed by atoms with Crippen molar-refractivity contribution in [3.63, 3.8) is 0 Å². The predicted molar refractivity (Wildman–Crippen MR) is 218 cm³/mol. The molecule has 3 heterocycles. The highest BCUT2D eigenvalue weighted by Crippen LogP contribution is 2.43. The van der Waals surface area contributed by atoms with Crippen molar-refractivity contribution in [2.75, 3.05) is 0 Å². The van der Waals surface area contributed by atoms with E-state index >= 15 is 0 Å². The second-order valence-corrected chi connectivity index (χ2v) is 13.3. The quantitative estimate of drug-likeness (QED) is 0.176. The first-order chi connectivity index (χ1) is 26.3. The van der Waals surface area contributed by atoms with E-state index in [1.54, 1.807) is 0 Å². The van der Waals surface area contributed by atoms with Gasteiger partial charge < -0.3 is 0 Å². The Morgan fingerprint density at radius 3 is 1.57 bits per heavy atom. The molecule has 0 atom stereocenters. The Bertz CT molecular complexity index is 2900. The molecule has 0 aliphatic carbocycles. The second kappa shape index (κ2) is 12.9. The van der Waals surface area contributed by atoms with Gasteiger partial charge in [0.2, 0.25) is 0 Å². The fourth-order valence-electron chi connectivity index (χ4n) is 7.56. The van der Waals surface area contributed by atoms with Gasteiger partial charge in [0.25, 0.3) is 0 Å². The van der Waals surface area contributed by atoms with Crippen molar-refractivity contribution in [3.8, 4) is 67.3 Å². The summed E-state index contributed by atoms with van der Waals surface area (Å²) in [6.45, 7) is 0. The summed E-state index contributed by atoms with van der Waals surface area (Å²) >= 11 is 0. The molecule has 0 saturated heterocycles. The van der Waals surface area contributed by atoms with Gasteiger partial charge in [0.1, 0.15) is 0 Å². The fraction of sp³-hybridized carbons (Fsp3) is 0. The van der Waals surface area contributed by atoms with Crippen LogP contribution in [-0.2, 0) is 0 Å². The van der Waals surface area contributed by atoms with Crippen LogP contribution < -0.4 is 0 Å². The van der Waals surface area contributed by atoms with Crippen LogP contribution >= 0.6 is 0 Å². The molecule has 0 N–H and O–H groups in total. The molecule has 0 bridgehead atoms. The van der Waals surface area contributed by atoms with Gasteiger partial charge in [-0.1, -0.05) is 182 Å². The normalized spacial score (nSPS) is 11.4. The van der Waals surface area contributed by atoms with Crippen LogP contribution in [0.25, 0.3) is 94.5 Å². The van der Waals surface area contributed by atoms with Gasteiger partial charge in [0.15, 0.2) is 5.82 Å². The van der Waals surface area contributed by atoms with Crippen molar-refractivity contribution in [3.05, 3.63) is 194 Å². The molecule has 0 saturated carbocycles. The Hall–Kier alpha value is -7.17. The van der Waals surface area contributed by atoms with Crippen LogP contribution in [0.4, 0.5) is 0 Å². The molecule has 7 aromatic carbocycles. The standard InChI is InChI=1S/C49H32N4/c1-4-14-33(15-5-1)34-24-28-37(29-25-34)46-42-22-12-13-23-44(42)51-49(52-46)39-30-26-36(27-31-39)45-40-20-10-11-21-41(40)48-43(35-16-6-2-7-17-35)32-50-53(48)47(45)38-18-8-3-9-19-38/h1-32H. The smallest absolute Gasteiger partial charge is 0.160 e. The number of fused-ring (bicyclic) bond motifs is 4. The highest BCUT2D eigenvalue weighted by atomic mass is 15.2. The van der Waals surface area contributed by atoms with Crippen molar-refractivity contribution in [1.82, 2.24) is 19.6 Å². The highest BCUT2D eigenvalue weighted by molar-refractivity contribution is 6.13. The van der Waals surface area contributed by atoms with Crippen LogP contribution in [0, 0.1) is 0 Å². The molecule has 0 unspecified atom stereocenters.